The average molecular weight is 501 g/mol. The second-order valence-corrected chi connectivity index (χ2v) is 10.0. The van der Waals surface area contributed by atoms with Crippen molar-refractivity contribution < 1.29 is 14.3 Å². The van der Waals surface area contributed by atoms with Crippen LogP contribution in [0.2, 0.25) is 0 Å². The van der Waals surface area contributed by atoms with E-state index in [4.69, 9.17) is 4.74 Å². The minimum atomic E-state index is -0.205. The molecule has 8 heteroatoms. The van der Waals surface area contributed by atoms with E-state index in [2.05, 4.69) is 33.6 Å². The first kappa shape index (κ1) is 24.0. The van der Waals surface area contributed by atoms with Crippen molar-refractivity contribution >= 4 is 34.0 Å². The van der Waals surface area contributed by atoms with Gasteiger partial charge in [-0.3, -0.25) is 14.9 Å². The molecule has 1 aromatic heterocycles. The van der Waals surface area contributed by atoms with Crippen molar-refractivity contribution in [2.45, 2.75) is 32.4 Å². The van der Waals surface area contributed by atoms with E-state index in [9.17, 15) is 9.59 Å². The number of carbonyl (C=O) groups excluding carboxylic acids is 2. The van der Waals surface area contributed by atoms with Gasteiger partial charge >= 0.3 is 0 Å². The minimum Gasteiger partial charge on any atom is -0.465 e. The van der Waals surface area contributed by atoms with Gasteiger partial charge in [0.2, 0.25) is 0 Å². The van der Waals surface area contributed by atoms with Crippen LogP contribution in [0.4, 0.5) is 5.13 Å². The lowest BCUT2D eigenvalue weighted by Crippen LogP contribution is -2.25. The predicted molar refractivity (Wildman–Crippen MR) is 142 cm³/mol. The molecule has 2 aliphatic rings. The first-order valence-corrected chi connectivity index (χ1v) is 12.8. The molecule has 0 fully saturated rings. The number of thiazole rings is 1. The maximum atomic E-state index is 12.8. The lowest BCUT2D eigenvalue weighted by Gasteiger charge is -2.20. The molecule has 0 bridgehead atoms. The fraction of sp³-hybridized carbons (Fsp3) is 0.250. The van der Waals surface area contributed by atoms with Crippen LogP contribution in [-0.4, -0.2) is 35.3 Å². The van der Waals surface area contributed by atoms with E-state index in [1.807, 2.05) is 30.3 Å². The Kier molecular flexibility index (Phi) is 7.25. The van der Waals surface area contributed by atoms with Gasteiger partial charge < -0.3 is 15.0 Å². The Morgan fingerprint density at radius 2 is 1.94 bits per heavy atom. The summed E-state index contributed by atoms with van der Waals surface area (Å²) in [5, 5.41) is 6.49. The number of anilines is 1. The fourth-order valence-corrected chi connectivity index (χ4v) is 5.26. The molecule has 2 N–H and O–H groups in total. The van der Waals surface area contributed by atoms with Gasteiger partial charge in [-0.15, -0.1) is 11.3 Å². The van der Waals surface area contributed by atoms with Gasteiger partial charge in [0.05, 0.1) is 12.0 Å². The van der Waals surface area contributed by atoms with E-state index >= 15 is 0 Å². The standard InChI is InChI=1S/C28H28N4O3S/c1-32-14-13-23-25(18-32)36-28(30-23)31-27(34)22-7-5-6-19(16-22)17-29-26(33)21-11-9-20(10-12-21)24-8-3-2-4-15-35-24/h4-12,15-16H,2-3,13-14,17-18H2,1H3,(H,29,33)(H,30,31,34). The Hall–Kier alpha value is -3.75. The van der Waals surface area contributed by atoms with Crippen LogP contribution < -0.4 is 10.6 Å². The summed E-state index contributed by atoms with van der Waals surface area (Å²) >= 11 is 1.53. The van der Waals surface area contributed by atoms with Crippen LogP contribution in [0.3, 0.4) is 0 Å². The summed E-state index contributed by atoms with van der Waals surface area (Å²) in [6, 6.07) is 14.6. The van der Waals surface area contributed by atoms with Crippen molar-refractivity contribution in [3.63, 3.8) is 0 Å². The Bertz CT molecular complexity index is 1330. The summed E-state index contributed by atoms with van der Waals surface area (Å²) in [6.07, 6.45) is 8.54. The third-order valence-corrected chi connectivity index (χ3v) is 7.17. The molecule has 184 valence electrons. The minimum absolute atomic E-state index is 0.176. The number of nitrogens with one attached hydrogen (secondary N) is 2. The summed E-state index contributed by atoms with van der Waals surface area (Å²) in [7, 11) is 2.09. The third-order valence-electron chi connectivity index (χ3n) is 6.17. The third kappa shape index (κ3) is 5.72. The molecule has 0 atom stereocenters. The average Bonchev–Trinajstić information content (AvgIpc) is 3.09. The summed E-state index contributed by atoms with van der Waals surface area (Å²) in [5.74, 6) is 0.421. The number of ether oxygens (including phenoxy) is 1. The lowest BCUT2D eigenvalue weighted by molar-refractivity contribution is 0.0950. The molecule has 0 radical (unpaired) electrons. The molecule has 3 heterocycles. The molecule has 3 aromatic rings. The molecule has 7 nitrogen and oxygen atoms in total. The highest BCUT2D eigenvalue weighted by molar-refractivity contribution is 7.15. The Balaban J connectivity index is 1.18. The second kappa shape index (κ2) is 10.9. The number of hydrogen-bond donors (Lipinski definition) is 2. The number of fused-ring (bicyclic) bond motifs is 1. The number of carbonyl (C=O) groups is 2. The summed E-state index contributed by atoms with van der Waals surface area (Å²) in [4.78, 5) is 33.6. The van der Waals surface area contributed by atoms with Crippen molar-refractivity contribution in [3.8, 4) is 0 Å². The van der Waals surface area contributed by atoms with Gasteiger partial charge in [-0.25, -0.2) is 4.98 Å². The zero-order valence-corrected chi connectivity index (χ0v) is 20.9. The second-order valence-electron chi connectivity index (χ2n) is 8.93. The topological polar surface area (TPSA) is 83.6 Å². The van der Waals surface area contributed by atoms with Crippen LogP contribution in [0.1, 0.15) is 55.3 Å². The van der Waals surface area contributed by atoms with Crippen LogP contribution >= 0.6 is 11.3 Å². The number of benzene rings is 2. The number of amides is 2. The first-order chi connectivity index (χ1) is 17.5. The van der Waals surface area contributed by atoms with Gasteiger partial charge in [0.25, 0.3) is 11.8 Å². The van der Waals surface area contributed by atoms with Crippen molar-refractivity contribution in [3.05, 3.63) is 99.8 Å². The number of allylic oxidation sites excluding steroid dienone is 2. The zero-order chi connectivity index (χ0) is 24.9. The Morgan fingerprint density at radius 3 is 2.81 bits per heavy atom. The number of likely N-dealkylation sites (N-methyl/N-ethyl adjacent to an activating group) is 1. The number of rotatable bonds is 6. The maximum absolute atomic E-state index is 12.8. The SMILES string of the molecule is CN1CCc2nc(NC(=O)c3cccc(CNC(=O)c4ccc(C5=CCCC=CO5)cc4)c3)sc2C1. The highest BCUT2D eigenvalue weighted by atomic mass is 32.1. The maximum Gasteiger partial charge on any atom is 0.257 e. The van der Waals surface area contributed by atoms with Crippen molar-refractivity contribution in [2.24, 2.45) is 0 Å². The smallest absolute Gasteiger partial charge is 0.257 e. The van der Waals surface area contributed by atoms with Crippen molar-refractivity contribution in [1.82, 2.24) is 15.2 Å². The highest BCUT2D eigenvalue weighted by Crippen LogP contribution is 2.28. The molecule has 5 rings (SSSR count). The van der Waals surface area contributed by atoms with Crippen molar-refractivity contribution in [2.75, 3.05) is 18.9 Å². The monoisotopic (exact) mass is 500 g/mol. The Labute approximate surface area is 214 Å². The lowest BCUT2D eigenvalue weighted by atomic mass is 10.1. The molecule has 0 saturated carbocycles. The molecule has 0 spiro atoms. The van der Waals surface area contributed by atoms with Gasteiger partial charge in [-0.1, -0.05) is 24.3 Å². The van der Waals surface area contributed by atoms with Crippen LogP contribution in [0.5, 0.6) is 0 Å². The normalized spacial score (nSPS) is 15.3. The first-order valence-electron chi connectivity index (χ1n) is 12.0. The molecule has 2 amide bonds. The number of hydrogen-bond acceptors (Lipinski definition) is 6. The van der Waals surface area contributed by atoms with Crippen LogP contribution in [0.15, 0.2) is 66.9 Å². The van der Waals surface area contributed by atoms with Crippen LogP contribution in [0.25, 0.3) is 5.76 Å². The molecule has 0 saturated heterocycles. The number of aromatic nitrogens is 1. The Morgan fingerprint density at radius 1 is 1.08 bits per heavy atom. The molecule has 36 heavy (non-hydrogen) atoms. The fourth-order valence-electron chi connectivity index (χ4n) is 4.17. The van der Waals surface area contributed by atoms with E-state index < -0.39 is 0 Å². The summed E-state index contributed by atoms with van der Waals surface area (Å²) in [5.41, 5.74) is 3.95. The van der Waals surface area contributed by atoms with Gasteiger partial charge in [0, 0.05) is 47.6 Å². The van der Waals surface area contributed by atoms with E-state index in [1.54, 1.807) is 30.5 Å². The largest absolute Gasteiger partial charge is 0.465 e. The van der Waals surface area contributed by atoms with E-state index in [-0.39, 0.29) is 11.8 Å². The van der Waals surface area contributed by atoms with Crippen molar-refractivity contribution in [1.29, 1.82) is 0 Å². The van der Waals surface area contributed by atoms with E-state index in [0.717, 1.165) is 54.9 Å². The van der Waals surface area contributed by atoms with E-state index in [1.165, 1.54) is 16.2 Å². The molecule has 2 aliphatic heterocycles. The predicted octanol–water partition coefficient (Wildman–Crippen LogP) is 4.98. The highest BCUT2D eigenvalue weighted by Gasteiger charge is 2.19. The van der Waals surface area contributed by atoms with Crippen LogP contribution in [0, 0.1) is 0 Å². The van der Waals surface area contributed by atoms with E-state index in [0.29, 0.717) is 22.8 Å². The molecule has 0 aliphatic carbocycles. The summed E-state index contributed by atoms with van der Waals surface area (Å²) in [6.45, 7) is 2.16. The molecular formula is C28H28N4O3S. The zero-order valence-electron chi connectivity index (χ0n) is 20.1. The van der Waals surface area contributed by atoms with Gasteiger partial charge in [0.1, 0.15) is 5.76 Å². The van der Waals surface area contributed by atoms with Gasteiger partial charge in [-0.05, 0) is 61.9 Å². The molecule has 0 unspecified atom stereocenters. The van der Waals surface area contributed by atoms with Crippen LogP contribution in [-0.2, 0) is 24.2 Å². The summed E-state index contributed by atoms with van der Waals surface area (Å²) < 4.78 is 5.63. The van der Waals surface area contributed by atoms with Gasteiger partial charge in [-0.2, -0.15) is 0 Å². The molecular weight excluding hydrogens is 472 g/mol. The molecule has 2 aromatic carbocycles. The number of nitrogens with zero attached hydrogens (tertiary/aromatic N) is 2. The quantitative estimate of drug-likeness (QED) is 0.499. The van der Waals surface area contributed by atoms with Gasteiger partial charge in [0.15, 0.2) is 5.13 Å².